The Morgan fingerprint density at radius 2 is 1.83 bits per heavy atom. The third kappa shape index (κ3) is 4.23. The van der Waals surface area contributed by atoms with Crippen molar-refractivity contribution in [3.63, 3.8) is 0 Å². The SMILES string of the molecule is COC1(OC)CN(CCC(C)(C)CCC(=O)O)C1. The van der Waals surface area contributed by atoms with Gasteiger partial charge in [0.15, 0.2) is 5.79 Å². The van der Waals surface area contributed by atoms with Gasteiger partial charge in [0, 0.05) is 20.6 Å². The third-order valence-electron chi connectivity index (χ3n) is 3.79. The molecule has 106 valence electrons. The highest BCUT2D eigenvalue weighted by atomic mass is 16.7. The lowest BCUT2D eigenvalue weighted by Crippen LogP contribution is -2.64. The number of hydrogen-bond acceptors (Lipinski definition) is 4. The molecule has 0 aromatic heterocycles. The lowest BCUT2D eigenvalue weighted by atomic mass is 9.84. The minimum atomic E-state index is -0.718. The molecule has 1 saturated heterocycles. The van der Waals surface area contributed by atoms with Crippen LogP contribution >= 0.6 is 0 Å². The molecule has 0 amide bonds. The number of hydrogen-bond donors (Lipinski definition) is 1. The first-order valence-electron chi connectivity index (χ1n) is 6.37. The normalized spacial score (nSPS) is 19.6. The molecule has 1 N–H and O–H groups in total. The van der Waals surface area contributed by atoms with Crippen molar-refractivity contribution in [1.82, 2.24) is 4.90 Å². The number of nitrogens with zero attached hydrogens (tertiary/aromatic N) is 1. The molecule has 0 aliphatic carbocycles. The summed E-state index contributed by atoms with van der Waals surface area (Å²) in [4.78, 5) is 12.8. The van der Waals surface area contributed by atoms with Crippen molar-refractivity contribution in [2.24, 2.45) is 5.41 Å². The molecule has 0 spiro atoms. The van der Waals surface area contributed by atoms with Gasteiger partial charge in [-0.15, -0.1) is 0 Å². The van der Waals surface area contributed by atoms with Crippen molar-refractivity contribution in [2.45, 2.75) is 38.9 Å². The van der Waals surface area contributed by atoms with Crippen LogP contribution in [0.2, 0.25) is 0 Å². The molecule has 0 saturated carbocycles. The quantitative estimate of drug-likeness (QED) is 0.671. The molecule has 0 atom stereocenters. The first kappa shape index (κ1) is 15.4. The van der Waals surface area contributed by atoms with Crippen molar-refractivity contribution < 1.29 is 19.4 Å². The van der Waals surface area contributed by atoms with Gasteiger partial charge >= 0.3 is 5.97 Å². The number of carboxylic acid groups (broad SMARTS) is 1. The summed E-state index contributed by atoms with van der Waals surface area (Å²) < 4.78 is 10.6. The summed E-state index contributed by atoms with van der Waals surface area (Å²) in [7, 11) is 3.33. The molecule has 0 aromatic carbocycles. The minimum Gasteiger partial charge on any atom is -0.481 e. The van der Waals surface area contributed by atoms with Gasteiger partial charge in [0.05, 0.1) is 13.1 Å². The van der Waals surface area contributed by atoms with Crippen LogP contribution in [0.15, 0.2) is 0 Å². The summed E-state index contributed by atoms with van der Waals surface area (Å²) >= 11 is 0. The number of carboxylic acids is 1. The summed E-state index contributed by atoms with van der Waals surface area (Å²) in [6.07, 6.45) is 1.95. The lowest BCUT2D eigenvalue weighted by Gasteiger charge is -2.48. The summed E-state index contributed by atoms with van der Waals surface area (Å²) in [5, 5.41) is 8.70. The fourth-order valence-corrected chi connectivity index (χ4v) is 2.17. The Morgan fingerprint density at radius 1 is 1.28 bits per heavy atom. The second-order valence-corrected chi connectivity index (χ2v) is 5.84. The molecule has 1 heterocycles. The summed E-state index contributed by atoms with van der Waals surface area (Å²) in [5.41, 5.74) is 0.0663. The standard InChI is InChI=1S/C13H25NO4/c1-12(2,6-5-11(15)16)7-8-14-9-13(10-14,17-3)18-4/h5-10H2,1-4H3,(H,15,16). The Kier molecular flexibility index (Phi) is 5.13. The fraction of sp³-hybridized carbons (Fsp3) is 0.923. The molecule has 18 heavy (non-hydrogen) atoms. The molecular weight excluding hydrogens is 234 g/mol. The second-order valence-electron chi connectivity index (χ2n) is 5.84. The molecule has 5 heteroatoms. The average molecular weight is 259 g/mol. The first-order valence-corrected chi connectivity index (χ1v) is 6.37. The number of ether oxygens (including phenoxy) is 2. The molecule has 1 rings (SSSR count). The van der Waals surface area contributed by atoms with Gasteiger partial charge < -0.3 is 14.6 Å². The van der Waals surface area contributed by atoms with Gasteiger partial charge in [0.1, 0.15) is 0 Å². The Morgan fingerprint density at radius 3 is 2.28 bits per heavy atom. The third-order valence-corrected chi connectivity index (χ3v) is 3.79. The molecule has 0 unspecified atom stereocenters. The molecule has 5 nitrogen and oxygen atoms in total. The van der Waals surface area contributed by atoms with Crippen molar-refractivity contribution in [3.8, 4) is 0 Å². The number of methoxy groups -OCH3 is 2. The zero-order valence-corrected chi connectivity index (χ0v) is 11.9. The molecular formula is C13H25NO4. The van der Waals surface area contributed by atoms with Crippen LogP contribution in [0, 0.1) is 5.41 Å². The lowest BCUT2D eigenvalue weighted by molar-refractivity contribution is -0.275. The van der Waals surface area contributed by atoms with Crippen LogP contribution in [0.25, 0.3) is 0 Å². The van der Waals surface area contributed by atoms with Crippen molar-refractivity contribution in [3.05, 3.63) is 0 Å². The van der Waals surface area contributed by atoms with E-state index in [2.05, 4.69) is 18.7 Å². The maximum absolute atomic E-state index is 10.6. The zero-order valence-electron chi connectivity index (χ0n) is 11.9. The van der Waals surface area contributed by atoms with Crippen LogP contribution in [-0.2, 0) is 14.3 Å². The number of rotatable bonds is 8. The maximum atomic E-state index is 10.6. The monoisotopic (exact) mass is 259 g/mol. The van der Waals surface area contributed by atoms with Gasteiger partial charge in [0.25, 0.3) is 0 Å². The van der Waals surface area contributed by atoms with Crippen molar-refractivity contribution in [1.29, 1.82) is 0 Å². The average Bonchev–Trinajstić information content (AvgIpc) is 2.26. The van der Waals surface area contributed by atoms with Gasteiger partial charge in [-0.25, -0.2) is 0 Å². The van der Waals surface area contributed by atoms with Crippen LogP contribution in [-0.4, -0.2) is 55.6 Å². The smallest absolute Gasteiger partial charge is 0.303 e. The number of carbonyl (C=O) groups is 1. The highest BCUT2D eigenvalue weighted by Crippen LogP contribution is 2.30. The topological polar surface area (TPSA) is 59.0 Å². The van der Waals surface area contributed by atoms with Gasteiger partial charge in [-0.3, -0.25) is 9.69 Å². The van der Waals surface area contributed by atoms with Crippen molar-refractivity contribution in [2.75, 3.05) is 33.9 Å². The van der Waals surface area contributed by atoms with E-state index in [9.17, 15) is 4.79 Å². The highest BCUT2D eigenvalue weighted by molar-refractivity contribution is 5.66. The van der Waals surface area contributed by atoms with E-state index in [-0.39, 0.29) is 11.8 Å². The van der Waals surface area contributed by atoms with E-state index in [0.29, 0.717) is 0 Å². The van der Waals surface area contributed by atoms with E-state index in [0.717, 1.165) is 32.5 Å². The van der Waals surface area contributed by atoms with E-state index in [1.165, 1.54) is 0 Å². The van der Waals surface area contributed by atoms with Crippen LogP contribution in [0.3, 0.4) is 0 Å². The molecule has 0 aromatic rings. The van der Waals surface area contributed by atoms with Crippen LogP contribution in [0.4, 0.5) is 0 Å². The van der Waals surface area contributed by atoms with Gasteiger partial charge in [-0.05, 0) is 24.8 Å². The van der Waals surface area contributed by atoms with Gasteiger partial charge in [0.2, 0.25) is 0 Å². The zero-order chi connectivity index (χ0) is 13.8. The summed E-state index contributed by atoms with van der Waals surface area (Å²) in [5.74, 6) is -1.14. The molecule has 1 fully saturated rings. The highest BCUT2D eigenvalue weighted by Gasteiger charge is 2.43. The largest absolute Gasteiger partial charge is 0.481 e. The van der Waals surface area contributed by atoms with E-state index >= 15 is 0 Å². The Labute approximate surface area is 109 Å². The first-order chi connectivity index (χ1) is 8.32. The Balaban J connectivity index is 2.24. The Hall–Kier alpha value is -0.650. The predicted molar refractivity (Wildman–Crippen MR) is 68.5 cm³/mol. The molecule has 0 radical (unpaired) electrons. The maximum Gasteiger partial charge on any atom is 0.303 e. The van der Waals surface area contributed by atoms with Crippen LogP contribution in [0.1, 0.15) is 33.1 Å². The molecule has 1 aliphatic rings. The van der Waals surface area contributed by atoms with Gasteiger partial charge in [-0.1, -0.05) is 13.8 Å². The summed E-state index contributed by atoms with van der Waals surface area (Å²) in [6, 6.07) is 0. The molecule has 1 aliphatic heterocycles. The van der Waals surface area contributed by atoms with Gasteiger partial charge in [-0.2, -0.15) is 0 Å². The Bertz CT molecular complexity index is 279. The fourth-order valence-electron chi connectivity index (χ4n) is 2.17. The predicted octanol–water partition coefficient (Wildman–Crippen LogP) is 1.57. The number of likely N-dealkylation sites (tertiary alicyclic amines) is 1. The van der Waals surface area contributed by atoms with E-state index in [4.69, 9.17) is 14.6 Å². The minimum absolute atomic E-state index is 0.0663. The van der Waals surface area contributed by atoms with Crippen molar-refractivity contribution >= 4 is 5.97 Å². The van der Waals surface area contributed by atoms with Crippen LogP contribution in [0.5, 0.6) is 0 Å². The van der Waals surface area contributed by atoms with Crippen LogP contribution < -0.4 is 0 Å². The second kappa shape index (κ2) is 5.99. The van der Waals surface area contributed by atoms with E-state index in [1.54, 1.807) is 14.2 Å². The number of aliphatic carboxylic acids is 1. The van der Waals surface area contributed by atoms with E-state index in [1.807, 2.05) is 0 Å². The van der Waals surface area contributed by atoms with E-state index < -0.39 is 11.8 Å². The molecule has 0 bridgehead atoms. The summed E-state index contributed by atoms with van der Waals surface area (Å²) in [6.45, 7) is 6.77.